The highest BCUT2D eigenvalue weighted by Crippen LogP contribution is 2.75. The second kappa shape index (κ2) is 7.25. The molecule has 4 fully saturated rings. The molecule has 1 saturated heterocycles. The van der Waals surface area contributed by atoms with Crippen LogP contribution in [-0.2, 0) is 19.1 Å². The first kappa shape index (κ1) is 25.5. The molecule has 3 saturated carbocycles. The van der Waals surface area contributed by atoms with Crippen molar-refractivity contribution in [1.82, 2.24) is 0 Å². The molecule has 0 aromatic rings. The van der Waals surface area contributed by atoms with E-state index < -0.39 is 28.6 Å². The quantitative estimate of drug-likeness (QED) is 0.493. The average molecular weight is 511 g/mol. The van der Waals surface area contributed by atoms with E-state index in [0.29, 0.717) is 18.9 Å². The van der Waals surface area contributed by atoms with Crippen molar-refractivity contribution in [2.24, 2.45) is 33.0 Å². The summed E-state index contributed by atoms with van der Waals surface area (Å²) in [7, 11) is 0. The Bertz CT molecular complexity index is 1200. The molecule has 8 atom stereocenters. The third-order valence-corrected chi connectivity index (χ3v) is 12.7. The summed E-state index contributed by atoms with van der Waals surface area (Å²) in [4.78, 5) is 25.7. The minimum atomic E-state index is -2.01. The fourth-order valence-corrected chi connectivity index (χ4v) is 9.69. The lowest BCUT2D eigenvalue weighted by Gasteiger charge is -2.70. The van der Waals surface area contributed by atoms with Crippen molar-refractivity contribution < 1.29 is 29.3 Å². The summed E-state index contributed by atoms with van der Waals surface area (Å²) in [6, 6.07) is 0. The number of ether oxygens (including phenoxy) is 2. The van der Waals surface area contributed by atoms with Gasteiger partial charge < -0.3 is 19.7 Å². The Kier molecular flexibility index (Phi) is 5.00. The highest BCUT2D eigenvalue weighted by Gasteiger charge is 2.69. The second-order valence-corrected chi connectivity index (χ2v) is 14.3. The minimum Gasteiger partial charge on any atom is -0.481 e. The molecule has 6 nitrogen and oxygen atoms in total. The Balaban J connectivity index is 1.49. The number of carbonyl (C=O) groups is 2. The zero-order valence-corrected chi connectivity index (χ0v) is 23.2. The van der Waals surface area contributed by atoms with Gasteiger partial charge in [0.2, 0.25) is 5.78 Å². The maximum atomic E-state index is 13.4. The van der Waals surface area contributed by atoms with Gasteiger partial charge in [0, 0.05) is 5.41 Å². The van der Waals surface area contributed by atoms with E-state index in [1.54, 1.807) is 13.0 Å². The smallest absolute Gasteiger partial charge is 0.309 e. The van der Waals surface area contributed by atoms with E-state index in [1.165, 1.54) is 5.57 Å². The van der Waals surface area contributed by atoms with Crippen LogP contribution in [0.15, 0.2) is 34.9 Å². The van der Waals surface area contributed by atoms with Crippen molar-refractivity contribution >= 4 is 11.8 Å². The monoisotopic (exact) mass is 510 g/mol. The number of fused-ring (bicyclic) bond motifs is 9. The normalized spacial score (nSPS) is 52.8. The number of hydrogen-bond acceptors (Lipinski definition) is 5. The van der Waals surface area contributed by atoms with Crippen molar-refractivity contribution in [2.75, 3.05) is 13.2 Å². The van der Waals surface area contributed by atoms with Gasteiger partial charge in [-0.15, -0.1) is 0 Å². The zero-order chi connectivity index (χ0) is 26.9. The molecule has 0 radical (unpaired) electrons. The van der Waals surface area contributed by atoms with Gasteiger partial charge in [0.15, 0.2) is 5.60 Å². The topological polar surface area (TPSA) is 93.1 Å². The molecule has 6 rings (SSSR count). The van der Waals surface area contributed by atoms with Crippen molar-refractivity contribution in [3.05, 3.63) is 34.9 Å². The van der Waals surface area contributed by atoms with Crippen LogP contribution in [0.3, 0.4) is 0 Å². The van der Waals surface area contributed by atoms with Gasteiger partial charge in [-0.2, -0.15) is 0 Å². The molecule has 0 spiro atoms. The molecular formula is C31H42O6. The summed E-state index contributed by atoms with van der Waals surface area (Å²) in [5.41, 5.74) is 0.780. The fraction of sp³-hybridized carbons (Fsp3) is 0.742. The van der Waals surface area contributed by atoms with Crippen LogP contribution in [0, 0.1) is 33.0 Å². The first-order valence-electron chi connectivity index (χ1n) is 14.0. The number of aliphatic carboxylic acids is 1. The van der Waals surface area contributed by atoms with Gasteiger partial charge >= 0.3 is 5.97 Å². The molecule has 6 aliphatic rings. The predicted octanol–water partition coefficient (Wildman–Crippen LogP) is 5.36. The minimum absolute atomic E-state index is 0.0534. The molecule has 0 aromatic heterocycles. The number of aliphatic hydroxyl groups is 1. The van der Waals surface area contributed by atoms with Gasteiger partial charge in [-0.05, 0) is 98.2 Å². The molecule has 37 heavy (non-hydrogen) atoms. The lowest BCUT2D eigenvalue weighted by molar-refractivity contribution is -0.311. The first-order valence-corrected chi connectivity index (χ1v) is 14.0. The molecule has 6 heteroatoms. The van der Waals surface area contributed by atoms with Gasteiger partial charge in [0.1, 0.15) is 0 Å². The molecule has 1 heterocycles. The predicted molar refractivity (Wildman–Crippen MR) is 138 cm³/mol. The van der Waals surface area contributed by atoms with Crippen molar-refractivity contribution in [1.29, 1.82) is 0 Å². The number of ketones is 1. The first-order chi connectivity index (χ1) is 17.1. The largest absolute Gasteiger partial charge is 0.481 e. The summed E-state index contributed by atoms with van der Waals surface area (Å²) >= 11 is 0. The molecular weight excluding hydrogens is 468 g/mol. The number of carboxylic acids is 1. The van der Waals surface area contributed by atoms with E-state index in [2.05, 4.69) is 39.8 Å². The Morgan fingerprint density at radius 3 is 2.27 bits per heavy atom. The van der Waals surface area contributed by atoms with Gasteiger partial charge in [-0.1, -0.05) is 45.4 Å². The third-order valence-electron chi connectivity index (χ3n) is 12.7. The van der Waals surface area contributed by atoms with Gasteiger partial charge in [0.25, 0.3) is 5.79 Å². The highest BCUT2D eigenvalue weighted by molar-refractivity contribution is 6.01. The van der Waals surface area contributed by atoms with E-state index in [1.807, 2.05) is 6.92 Å². The van der Waals surface area contributed by atoms with Crippen molar-refractivity contribution in [2.45, 2.75) is 97.9 Å². The van der Waals surface area contributed by atoms with Gasteiger partial charge in [-0.25, -0.2) is 0 Å². The van der Waals surface area contributed by atoms with Crippen molar-refractivity contribution in [3.8, 4) is 0 Å². The second-order valence-electron chi connectivity index (χ2n) is 14.3. The van der Waals surface area contributed by atoms with Gasteiger partial charge in [-0.3, -0.25) is 9.59 Å². The number of carboxylic acid groups (broad SMARTS) is 1. The summed E-state index contributed by atoms with van der Waals surface area (Å²) in [5, 5.41) is 21.5. The summed E-state index contributed by atoms with van der Waals surface area (Å²) in [6.07, 6.45) is 12.3. The van der Waals surface area contributed by atoms with Crippen LogP contribution >= 0.6 is 0 Å². The van der Waals surface area contributed by atoms with Crippen LogP contribution in [0.2, 0.25) is 0 Å². The Labute approximate surface area is 220 Å². The van der Waals surface area contributed by atoms with E-state index in [-0.39, 0.29) is 28.3 Å². The maximum Gasteiger partial charge on any atom is 0.309 e. The lowest BCUT2D eigenvalue weighted by Crippen LogP contribution is -2.68. The molecule has 2 unspecified atom stereocenters. The van der Waals surface area contributed by atoms with E-state index in [9.17, 15) is 19.8 Å². The molecule has 2 N–H and O–H groups in total. The highest BCUT2D eigenvalue weighted by atomic mass is 16.7. The van der Waals surface area contributed by atoms with Crippen LogP contribution in [0.4, 0.5) is 0 Å². The molecule has 0 amide bonds. The molecule has 5 aliphatic carbocycles. The van der Waals surface area contributed by atoms with Crippen LogP contribution in [-0.4, -0.2) is 46.6 Å². The third kappa shape index (κ3) is 2.83. The Hall–Kier alpha value is -1.76. The van der Waals surface area contributed by atoms with E-state index in [4.69, 9.17) is 9.47 Å². The van der Waals surface area contributed by atoms with Crippen molar-refractivity contribution in [3.63, 3.8) is 0 Å². The number of allylic oxidation sites excluding steroid dienone is 3. The molecule has 202 valence electrons. The average Bonchev–Trinajstić information content (AvgIpc) is 2.84. The molecule has 1 aliphatic heterocycles. The number of rotatable bonds is 1. The zero-order valence-electron chi connectivity index (χ0n) is 23.2. The molecule has 0 aromatic carbocycles. The SMILES string of the molecule is CC12OCCOC1(O)C(=O)C=C1C2=CC=C2[C@@]1(C)CC[C@@]1(C)[C@@H]3C[C@](C)(C(=O)O)CC[C@]3(C)CC[C@]21C. The van der Waals surface area contributed by atoms with Crippen LogP contribution in [0.5, 0.6) is 0 Å². The van der Waals surface area contributed by atoms with Crippen LogP contribution < -0.4 is 0 Å². The van der Waals surface area contributed by atoms with Crippen LogP contribution in [0.1, 0.15) is 86.5 Å². The Morgan fingerprint density at radius 1 is 0.892 bits per heavy atom. The summed E-state index contributed by atoms with van der Waals surface area (Å²) < 4.78 is 11.8. The fourth-order valence-electron chi connectivity index (χ4n) is 9.69. The standard InChI is InChI=1S/C31H42O6/c1-25-9-10-26(2,24(33)34)18-22(25)29(5)14-12-27(3)20-17-23(32)31(35)30(6,36-15-16-37-31)19(20)7-8-21(27)28(29,4)13-11-25/h7-8,17,22,35H,9-16,18H2,1-6H3,(H,33,34)/t22-,25-,26-,27+,28-,29+,30?,31?/m1/s1. The summed E-state index contributed by atoms with van der Waals surface area (Å²) in [6.45, 7) is 13.7. The van der Waals surface area contributed by atoms with E-state index >= 15 is 0 Å². The summed E-state index contributed by atoms with van der Waals surface area (Å²) in [5.74, 6) is -2.81. The van der Waals surface area contributed by atoms with Crippen LogP contribution in [0.25, 0.3) is 0 Å². The number of hydrogen-bond donors (Lipinski definition) is 2. The van der Waals surface area contributed by atoms with E-state index in [0.717, 1.165) is 49.7 Å². The lowest BCUT2D eigenvalue weighted by atomic mass is 9.34. The molecule has 0 bridgehead atoms. The Morgan fingerprint density at radius 2 is 1.57 bits per heavy atom. The number of carbonyl (C=O) groups excluding carboxylic acids is 1. The maximum absolute atomic E-state index is 13.4. The van der Waals surface area contributed by atoms with Gasteiger partial charge in [0.05, 0.1) is 18.6 Å².